The average Bonchev–Trinajstić information content (AvgIpc) is 3.33. The van der Waals surface area contributed by atoms with E-state index < -0.39 is 0 Å². The normalized spacial score (nSPS) is 13.7. The monoisotopic (exact) mass is 427 g/mol. The summed E-state index contributed by atoms with van der Waals surface area (Å²) in [6.07, 6.45) is 2.01. The highest BCUT2D eigenvalue weighted by molar-refractivity contribution is 6.43. The Bertz CT molecular complexity index is 1320. The maximum Gasteiger partial charge on any atom is 0.326 e. The lowest BCUT2D eigenvalue weighted by Crippen LogP contribution is -2.14. The van der Waals surface area contributed by atoms with E-state index >= 15 is 0 Å². The fourth-order valence-corrected chi connectivity index (χ4v) is 3.79. The van der Waals surface area contributed by atoms with Gasteiger partial charge in [-0.15, -0.1) is 0 Å². The first kappa shape index (κ1) is 18.0. The molecule has 3 N–H and O–H groups in total. The van der Waals surface area contributed by atoms with Crippen molar-refractivity contribution in [2.45, 2.75) is 18.9 Å². The lowest BCUT2D eigenvalue weighted by Gasteiger charge is -2.04. The predicted molar refractivity (Wildman–Crippen MR) is 113 cm³/mol. The number of aromatic amines is 2. The zero-order chi connectivity index (χ0) is 20.1. The van der Waals surface area contributed by atoms with Gasteiger partial charge in [-0.25, -0.2) is 4.79 Å². The van der Waals surface area contributed by atoms with Gasteiger partial charge in [-0.2, -0.15) is 5.10 Å². The van der Waals surface area contributed by atoms with Gasteiger partial charge < -0.3 is 10.3 Å². The number of halogens is 2. The fraction of sp³-hybridized carbons (Fsp3) is 0.150. The summed E-state index contributed by atoms with van der Waals surface area (Å²) in [5.74, 6) is 0.0207. The van der Waals surface area contributed by atoms with E-state index in [0.29, 0.717) is 38.2 Å². The van der Waals surface area contributed by atoms with Crippen molar-refractivity contribution < 1.29 is 4.79 Å². The van der Waals surface area contributed by atoms with Crippen LogP contribution in [0.15, 0.2) is 47.3 Å². The van der Waals surface area contributed by atoms with Gasteiger partial charge in [-0.05, 0) is 37.1 Å². The third kappa shape index (κ3) is 3.22. The van der Waals surface area contributed by atoms with Crippen LogP contribution >= 0.6 is 23.2 Å². The molecule has 4 aromatic rings. The molecule has 29 heavy (non-hydrogen) atoms. The van der Waals surface area contributed by atoms with E-state index in [0.717, 1.165) is 18.4 Å². The van der Waals surface area contributed by atoms with Gasteiger partial charge in [-0.3, -0.25) is 14.5 Å². The van der Waals surface area contributed by atoms with Gasteiger partial charge in [0.15, 0.2) is 5.82 Å². The third-order valence-electron chi connectivity index (χ3n) is 4.95. The van der Waals surface area contributed by atoms with Gasteiger partial charge >= 0.3 is 5.69 Å². The molecule has 0 radical (unpaired) electrons. The van der Waals surface area contributed by atoms with E-state index in [2.05, 4.69) is 20.5 Å². The minimum absolute atomic E-state index is 0.143. The van der Waals surface area contributed by atoms with Crippen LogP contribution in [0.2, 0.25) is 10.0 Å². The molecule has 2 aromatic heterocycles. The van der Waals surface area contributed by atoms with E-state index in [-0.39, 0.29) is 17.6 Å². The highest BCUT2D eigenvalue weighted by Crippen LogP contribution is 2.36. The van der Waals surface area contributed by atoms with Crippen molar-refractivity contribution in [1.82, 2.24) is 19.7 Å². The van der Waals surface area contributed by atoms with E-state index in [1.54, 1.807) is 41.0 Å². The molecule has 0 saturated heterocycles. The summed E-state index contributed by atoms with van der Waals surface area (Å²) in [6.45, 7) is 0. The zero-order valence-corrected chi connectivity index (χ0v) is 16.5. The largest absolute Gasteiger partial charge is 0.326 e. The van der Waals surface area contributed by atoms with Crippen LogP contribution in [0.3, 0.4) is 0 Å². The van der Waals surface area contributed by atoms with Gasteiger partial charge in [-0.1, -0.05) is 35.3 Å². The number of nitrogens with one attached hydrogen (secondary N) is 3. The number of aromatic nitrogens is 4. The Morgan fingerprint density at radius 1 is 1.17 bits per heavy atom. The van der Waals surface area contributed by atoms with Crippen LogP contribution in [0.1, 0.15) is 29.2 Å². The Labute approximate surface area is 174 Å². The molecule has 1 amide bonds. The number of anilines is 1. The maximum absolute atomic E-state index is 12.7. The first-order chi connectivity index (χ1) is 14.0. The molecule has 0 spiro atoms. The SMILES string of the molecule is O=C(Nc1cc(-c2cccc(Cl)c2Cl)[nH]n1)c1ccc2c(c1)[nH]c(=O)n2C1CC1. The van der Waals surface area contributed by atoms with Gasteiger partial charge in [0.1, 0.15) is 0 Å². The fourth-order valence-electron chi connectivity index (χ4n) is 3.39. The number of H-pyrrole nitrogens is 2. The summed E-state index contributed by atoms with van der Waals surface area (Å²) in [5.41, 5.74) is 3.05. The molecule has 1 fully saturated rings. The Morgan fingerprint density at radius 3 is 2.79 bits per heavy atom. The molecule has 1 aliphatic rings. The van der Waals surface area contributed by atoms with Gasteiger partial charge in [0.25, 0.3) is 5.91 Å². The molecule has 5 rings (SSSR count). The summed E-state index contributed by atoms with van der Waals surface area (Å²) in [7, 11) is 0. The second kappa shape index (κ2) is 6.79. The number of amides is 1. The minimum Gasteiger partial charge on any atom is -0.306 e. The number of carbonyl (C=O) groups excluding carboxylic acids is 1. The molecule has 146 valence electrons. The second-order valence-corrected chi connectivity index (χ2v) is 7.77. The average molecular weight is 428 g/mol. The third-order valence-corrected chi connectivity index (χ3v) is 5.77. The molecule has 0 bridgehead atoms. The number of hydrogen-bond acceptors (Lipinski definition) is 3. The standard InChI is InChI=1S/C20H15Cl2N5O2/c21-13-3-1-2-12(18(13)22)14-9-17(26-25-14)24-19(28)10-4-7-16-15(8-10)23-20(29)27(16)11-5-6-11/h1-4,7-9,11H,5-6H2,(H,23,29)(H2,24,25,26,28). The topological polar surface area (TPSA) is 95.6 Å². The number of rotatable bonds is 4. The van der Waals surface area contributed by atoms with Gasteiger partial charge in [0.2, 0.25) is 0 Å². The van der Waals surface area contributed by atoms with Crippen molar-refractivity contribution in [3.63, 3.8) is 0 Å². The summed E-state index contributed by atoms with van der Waals surface area (Å²) >= 11 is 12.3. The van der Waals surface area contributed by atoms with Crippen molar-refractivity contribution >= 4 is 46.0 Å². The van der Waals surface area contributed by atoms with Crippen LogP contribution in [-0.4, -0.2) is 25.7 Å². The lowest BCUT2D eigenvalue weighted by molar-refractivity contribution is 0.102. The lowest BCUT2D eigenvalue weighted by atomic mass is 10.1. The summed E-state index contributed by atoms with van der Waals surface area (Å²) in [6, 6.07) is 12.4. The number of benzene rings is 2. The van der Waals surface area contributed by atoms with Crippen LogP contribution in [0, 0.1) is 0 Å². The molecule has 0 atom stereocenters. The second-order valence-electron chi connectivity index (χ2n) is 6.99. The maximum atomic E-state index is 12.7. The quantitative estimate of drug-likeness (QED) is 0.443. The van der Waals surface area contributed by atoms with Crippen LogP contribution in [0.5, 0.6) is 0 Å². The van der Waals surface area contributed by atoms with Crippen molar-refractivity contribution in [2.24, 2.45) is 0 Å². The smallest absolute Gasteiger partial charge is 0.306 e. The van der Waals surface area contributed by atoms with E-state index in [1.165, 1.54) is 0 Å². The van der Waals surface area contributed by atoms with Crippen molar-refractivity contribution in [3.8, 4) is 11.3 Å². The summed E-state index contributed by atoms with van der Waals surface area (Å²) in [5, 5.41) is 10.6. The predicted octanol–water partition coefficient (Wildman–Crippen LogP) is 4.61. The van der Waals surface area contributed by atoms with E-state index in [4.69, 9.17) is 23.2 Å². The Kier molecular flexibility index (Phi) is 4.22. The number of imidazole rings is 1. The Hall–Kier alpha value is -3.03. The first-order valence-corrected chi connectivity index (χ1v) is 9.82. The first-order valence-electron chi connectivity index (χ1n) is 9.06. The van der Waals surface area contributed by atoms with Crippen molar-refractivity contribution in [3.05, 3.63) is 68.6 Å². The van der Waals surface area contributed by atoms with Crippen molar-refractivity contribution in [2.75, 3.05) is 5.32 Å². The van der Waals surface area contributed by atoms with E-state index in [1.807, 2.05) is 6.07 Å². The number of hydrogen-bond donors (Lipinski definition) is 3. The molecule has 2 aromatic carbocycles. The van der Waals surface area contributed by atoms with Gasteiger partial charge in [0, 0.05) is 23.2 Å². The highest BCUT2D eigenvalue weighted by Gasteiger charge is 2.27. The molecule has 7 nitrogen and oxygen atoms in total. The van der Waals surface area contributed by atoms with Crippen molar-refractivity contribution in [1.29, 1.82) is 0 Å². The molecule has 0 unspecified atom stereocenters. The zero-order valence-electron chi connectivity index (χ0n) is 15.0. The van der Waals surface area contributed by atoms with Crippen LogP contribution < -0.4 is 11.0 Å². The molecule has 1 aliphatic carbocycles. The molecule has 1 saturated carbocycles. The molecule has 0 aliphatic heterocycles. The van der Waals surface area contributed by atoms with Crippen LogP contribution in [-0.2, 0) is 0 Å². The molecular formula is C20H15Cl2N5O2. The van der Waals surface area contributed by atoms with Crippen LogP contribution in [0.25, 0.3) is 22.3 Å². The number of nitrogens with zero attached hydrogens (tertiary/aromatic N) is 2. The summed E-state index contributed by atoms with van der Waals surface area (Å²) in [4.78, 5) is 27.6. The molecule has 2 heterocycles. The number of carbonyl (C=O) groups is 1. The Balaban J connectivity index is 1.40. The number of fused-ring (bicyclic) bond motifs is 1. The Morgan fingerprint density at radius 2 is 2.00 bits per heavy atom. The van der Waals surface area contributed by atoms with E-state index in [9.17, 15) is 9.59 Å². The summed E-state index contributed by atoms with van der Waals surface area (Å²) < 4.78 is 1.76. The highest BCUT2D eigenvalue weighted by atomic mass is 35.5. The molecule has 9 heteroatoms. The molecular weight excluding hydrogens is 413 g/mol. The van der Waals surface area contributed by atoms with Crippen LogP contribution in [0.4, 0.5) is 5.82 Å². The van der Waals surface area contributed by atoms with Gasteiger partial charge in [0.05, 0.1) is 26.8 Å². The minimum atomic E-state index is -0.331.